The van der Waals surface area contributed by atoms with E-state index >= 15 is 0 Å². The van der Waals surface area contributed by atoms with E-state index in [0.29, 0.717) is 17.9 Å². The summed E-state index contributed by atoms with van der Waals surface area (Å²) < 4.78 is 0. The van der Waals surface area contributed by atoms with Crippen LogP contribution >= 0.6 is 11.6 Å². The molecule has 0 aromatic heterocycles. The van der Waals surface area contributed by atoms with Crippen LogP contribution in [-0.2, 0) is 4.79 Å². The molecular formula is C11H11ClN2O3. The SMILES string of the molecule is O=C(O)NN1C(=O)CC[C@H]1c1ccccc1Cl. The summed E-state index contributed by atoms with van der Waals surface area (Å²) in [6.07, 6.45) is -0.378. The van der Waals surface area contributed by atoms with Crippen LogP contribution < -0.4 is 5.43 Å². The maximum atomic E-state index is 11.6. The van der Waals surface area contributed by atoms with Crippen molar-refractivity contribution in [1.82, 2.24) is 10.4 Å². The zero-order valence-corrected chi connectivity index (χ0v) is 9.65. The summed E-state index contributed by atoms with van der Waals surface area (Å²) >= 11 is 6.04. The van der Waals surface area contributed by atoms with Gasteiger partial charge in [-0.05, 0) is 18.1 Å². The van der Waals surface area contributed by atoms with Gasteiger partial charge in [0.2, 0.25) is 5.91 Å². The van der Waals surface area contributed by atoms with Gasteiger partial charge >= 0.3 is 6.09 Å². The molecule has 0 spiro atoms. The summed E-state index contributed by atoms with van der Waals surface area (Å²) in [5.74, 6) is -0.239. The number of halogens is 1. The highest BCUT2D eigenvalue weighted by Gasteiger charge is 2.34. The highest BCUT2D eigenvalue weighted by molar-refractivity contribution is 6.31. The Morgan fingerprint density at radius 3 is 2.82 bits per heavy atom. The number of carboxylic acid groups (broad SMARTS) is 1. The van der Waals surface area contributed by atoms with Crippen molar-refractivity contribution in [1.29, 1.82) is 0 Å². The molecule has 1 heterocycles. The minimum atomic E-state index is -1.25. The number of nitrogens with one attached hydrogen (secondary N) is 1. The average Bonchev–Trinajstić information content (AvgIpc) is 2.61. The van der Waals surface area contributed by atoms with Crippen LogP contribution in [0.4, 0.5) is 4.79 Å². The molecule has 0 saturated carbocycles. The topological polar surface area (TPSA) is 69.6 Å². The van der Waals surface area contributed by atoms with E-state index in [4.69, 9.17) is 16.7 Å². The zero-order chi connectivity index (χ0) is 12.4. The molecule has 1 fully saturated rings. The van der Waals surface area contributed by atoms with E-state index in [1.54, 1.807) is 18.2 Å². The Morgan fingerprint density at radius 1 is 1.47 bits per heavy atom. The standard InChI is InChI=1S/C11H11ClN2O3/c12-8-4-2-1-3-7(8)9-5-6-10(15)14(9)13-11(16)17/h1-4,9,13H,5-6H2,(H,16,17)/t9-/m0/s1. The van der Waals surface area contributed by atoms with Crippen LogP contribution in [0.25, 0.3) is 0 Å². The van der Waals surface area contributed by atoms with E-state index in [1.165, 1.54) is 0 Å². The number of carbonyl (C=O) groups excluding carboxylic acids is 1. The van der Waals surface area contributed by atoms with Crippen molar-refractivity contribution in [3.8, 4) is 0 Å². The van der Waals surface area contributed by atoms with Gasteiger partial charge in [-0.2, -0.15) is 0 Å². The second-order valence-corrected chi connectivity index (χ2v) is 4.16. The second kappa shape index (κ2) is 4.63. The normalized spacial score (nSPS) is 19.5. The van der Waals surface area contributed by atoms with Crippen LogP contribution in [0.5, 0.6) is 0 Å². The lowest BCUT2D eigenvalue weighted by Gasteiger charge is -2.24. The van der Waals surface area contributed by atoms with Gasteiger partial charge in [0, 0.05) is 11.4 Å². The van der Waals surface area contributed by atoms with Gasteiger partial charge in [0.1, 0.15) is 0 Å². The average molecular weight is 255 g/mol. The first-order valence-electron chi connectivity index (χ1n) is 5.15. The van der Waals surface area contributed by atoms with E-state index < -0.39 is 6.09 Å². The Morgan fingerprint density at radius 2 is 2.18 bits per heavy atom. The van der Waals surface area contributed by atoms with Crippen molar-refractivity contribution < 1.29 is 14.7 Å². The first kappa shape index (κ1) is 11.7. The lowest BCUT2D eigenvalue weighted by molar-refractivity contribution is -0.131. The van der Waals surface area contributed by atoms with Gasteiger partial charge in [-0.1, -0.05) is 29.8 Å². The Kier molecular flexibility index (Phi) is 3.19. The number of hydrogen-bond donors (Lipinski definition) is 2. The summed E-state index contributed by atoms with van der Waals surface area (Å²) in [5, 5.41) is 10.3. The molecule has 1 aromatic rings. The first-order chi connectivity index (χ1) is 8.09. The Hall–Kier alpha value is -1.75. The van der Waals surface area contributed by atoms with Crippen molar-refractivity contribution in [3.05, 3.63) is 34.9 Å². The number of nitrogens with zero attached hydrogens (tertiary/aromatic N) is 1. The van der Waals surface area contributed by atoms with Crippen LogP contribution in [0, 0.1) is 0 Å². The van der Waals surface area contributed by atoms with Crippen molar-refractivity contribution in [3.63, 3.8) is 0 Å². The summed E-state index contributed by atoms with van der Waals surface area (Å²) in [5.41, 5.74) is 2.87. The van der Waals surface area contributed by atoms with Crippen LogP contribution in [0.2, 0.25) is 5.02 Å². The largest absolute Gasteiger partial charge is 0.464 e. The minimum Gasteiger partial charge on any atom is -0.464 e. The molecule has 2 N–H and O–H groups in total. The fraction of sp³-hybridized carbons (Fsp3) is 0.273. The molecule has 1 aliphatic rings. The maximum absolute atomic E-state index is 11.6. The molecule has 1 saturated heterocycles. The lowest BCUT2D eigenvalue weighted by Crippen LogP contribution is -2.43. The molecule has 2 amide bonds. The molecular weight excluding hydrogens is 244 g/mol. The summed E-state index contributed by atoms with van der Waals surface area (Å²) in [4.78, 5) is 22.2. The minimum absolute atomic E-state index is 0.239. The van der Waals surface area contributed by atoms with Gasteiger partial charge in [0.05, 0.1) is 6.04 Å². The molecule has 6 heteroatoms. The fourth-order valence-corrected chi connectivity index (χ4v) is 2.23. The van der Waals surface area contributed by atoms with Crippen molar-refractivity contribution in [2.24, 2.45) is 0 Å². The number of amides is 2. The monoisotopic (exact) mass is 254 g/mol. The Balaban J connectivity index is 2.28. The third-order valence-corrected chi connectivity index (χ3v) is 3.04. The molecule has 0 radical (unpaired) electrons. The van der Waals surface area contributed by atoms with Gasteiger partial charge in [-0.3, -0.25) is 4.79 Å². The van der Waals surface area contributed by atoms with E-state index in [2.05, 4.69) is 5.43 Å². The predicted octanol–water partition coefficient (Wildman–Crippen LogP) is 2.19. The summed E-state index contributed by atoms with van der Waals surface area (Å²) in [6.45, 7) is 0. The summed E-state index contributed by atoms with van der Waals surface area (Å²) in [6, 6.07) is 6.79. The number of benzene rings is 1. The van der Waals surface area contributed by atoms with E-state index in [9.17, 15) is 9.59 Å². The van der Waals surface area contributed by atoms with Crippen molar-refractivity contribution in [2.75, 3.05) is 0 Å². The van der Waals surface area contributed by atoms with Gasteiger partial charge in [-0.15, -0.1) is 0 Å². The molecule has 0 bridgehead atoms. The Bertz CT molecular complexity index is 464. The van der Waals surface area contributed by atoms with Crippen LogP contribution in [0.1, 0.15) is 24.4 Å². The molecule has 90 valence electrons. The molecule has 0 aliphatic carbocycles. The molecule has 5 nitrogen and oxygen atoms in total. The highest BCUT2D eigenvalue weighted by atomic mass is 35.5. The van der Waals surface area contributed by atoms with Crippen LogP contribution in [0.15, 0.2) is 24.3 Å². The van der Waals surface area contributed by atoms with E-state index in [0.717, 1.165) is 10.6 Å². The summed E-state index contributed by atoms with van der Waals surface area (Å²) in [7, 11) is 0. The van der Waals surface area contributed by atoms with Crippen molar-refractivity contribution >= 4 is 23.6 Å². The Labute approximate surface area is 103 Å². The smallest absolute Gasteiger partial charge is 0.423 e. The molecule has 1 atom stereocenters. The third kappa shape index (κ3) is 2.34. The first-order valence-corrected chi connectivity index (χ1v) is 5.53. The van der Waals surface area contributed by atoms with Crippen LogP contribution in [0.3, 0.4) is 0 Å². The number of hydrazine groups is 1. The number of rotatable bonds is 2. The van der Waals surface area contributed by atoms with Gasteiger partial charge < -0.3 is 5.11 Å². The molecule has 2 rings (SSSR count). The molecule has 1 aromatic carbocycles. The predicted molar refractivity (Wildman–Crippen MR) is 61.4 cm³/mol. The molecule has 0 unspecified atom stereocenters. The third-order valence-electron chi connectivity index (χ3n) is 2.69. The fourth-order valence-electron chi connectivity index (χ4n) is 1.97. The highest BCUT2D eigenvalue weighted by Crippen LogP contribution is 2.34. The second-order valence-electron chi connectivity index (χ2n) is 3.76. The van der Waals surface area contributed by atoms with Crippen molar-refractivity contribution in [2.45, 2.75) is 18.9 Å². The lowest BCUT2D eigenvalue weighted by atomic mass is 10.1. The van der Waals surface area contributed by atoms with Gasteiger partial charge in [0.25, 0.3) is 0 Å². The van der Waals surface area contributed by atoms with Gasteiger partial charge in [0.15, 0.2) is 0 Å². The van der Waals surface area contributed by atoms with Crippen LogP contribution in [-0.4, -0.2) is 22.1 Å². The zero-order valence-electron chi connectivity index (χ0n) is 8.89. The van der Waals surface area contributed by atoms with Gasteiger partial charge in [-0.25, -0.2) is 15.2 Å². The van der Waals surface area contributed by atoms with E-state index in [1.807, 2.05) is 6.07 Å². The maximum Gasteiger partial charge on any atom is 0.423 e. The number of carbonyl (C=O) groups is 2. The van der Waals surface area contributed by atoms with E-state index in [-0.39, 0.29) is 11.9 Å². The quantitative estimate of drug-likeness (QED) is 0.850. The molecule has 17 heavy (non-hydrogen) atoms. The number of hydrogen-bond acceptors (Lipinski definition) is 2. The molecule has 1 aliphatic heterocycles.